The highest BCUT2D eigenvalue weighted by atomic mass is 79.9. The molecule has 0 amide bonds. The smallest absolute Gasteiger partial charge is 0.265 e. The van der Waals surface area contributed by atoms with E-state index in [1.54, 1.807) is 6.07 Å². The molecule has 0 aliphatic carbocycles. The van der Waals surface area contributed by atoms with Crippen molar-refractivity contribution in [3.63, 3.8) is 0 Å². The summed E-state index contributed by atoms with van der Waals surface area (Å²) in [5.74, 6) is 0.0522. The molecule has 0 bridgehead atoms. The molecule has 0 aliphatic heterocycles. The van der Waals surface area contributed by atoms with Crippen LogP contribution in [0.2, 0.25) is 5.02 Å². The van der Waals surface area contributed by atoms with Gasteiger partial charge in [0.15, 0.2) is 5.75 Å². The summed E-state index contributed by atoms with van der Waals surface area (Å²) >= 11 is 9.24. The predicted molar refractivity (Wildman–Crippen MR) is 87.7 cm³/mol. The van der Waals surface area contributed by atoms with Crippen molar-refractivity contribution >= 4 is 47.3 Å². The van der Waals surface area contributed by atoms with Crippen molar-refractivity contribution in [1.82, 2.24) is 0 Å². The fourth-order valence-corrected chi connectivity index (χ4v) is 3.89. The molecule has 0 unspecified atom stereocenters. The third kappa shape index (κ3) is 4.36. The fourth-order valence-electron chi connectivity index (χ4n) is 1.82. The standard InChI is InChI=1S/C14H11BrCl2O3S/c1-9-3-2-4-10(5-9)8-20-14-12(16)6-11(15)7-13(14)21(17,18)19/h2-7H,8H2,1H3. The number of rotatable bonds is 4. The average Bonchev–Trinajstić information content (AvgIpc) is 2.36. The quantitative estimate of drug-likeness (QED) is 0.673. The lowest BCUT2D eigenvalue weighted by atomic mass is 10.1. The first-order valence-corrected chi connectivity index (χ1v) is 9.37. The van der Waals surface area contributed by atoms with Gasteiger partial charge >= 0.3 is 0 Å². The third-order valence-electron chi connectivity index (χ3n) is 2.70. The maximum Gasteiger partial charge on any atom is 0.265 e. The summed E-state index contributed by atoms with van der Waals surface area (Å²) in [6, 6.07) is 10.6. The van der Waals surface area contributed by atoms with E-state index in [-0.39, 0.29) is 22.3 Å². The minimum Gasteiger partial charge on any atom is -0.486 e. The molecule has 7 heteroatoms. The lowest BCUT2D eigenvalue weighted by Gasteiger charge is -2.12. The average molecular weight is 410 g/mol. The Hall–Kier alpha value is -0.750. The Balaban J connectivity index is 2.36. The third-order valence-corrected chi connectivity index (χ3v) is 4.77. The zero-order valence-corrected chi connectivity index (χ0v) is 14.9. The fraction of sp³-hybridized carbons (Fsp3) is 0.143. The van der Waals surface area contributed by atoms with Gasteiger partial charge in [-0.05, 0) is 24.6 Å². The molecule has 3 nitrogen and oxygen atoms in total. The summed E-state index contributed by atoms with van der Waals surface area (Å²) < 4.78 is 29.3. The van der Waals surface area contributed by atoms with Gasteiger partial charge in [0, 0.05) is 15.2 Å². The van der Waals surface area contributed by atoms with Crippen LogP contribution in [0.1, 0.15) is 11.1 Å². The molecule has 0 aromatic heterocycles. The van der Waals surface area contributed by atoms with E-state index in [4.69, 9.17) is 27.0 Å². The Morgan fingerprint density at radius 3 is 2.57 bits per heavy atom. The van der Waals surface area contributed by atoms with Crippen LogP contribution in [0.25, 0.3) is 0 Å². The number of ether oxygens (including phenoxy) is 1. The Morgan fingerprint density at radius 2 is 1.95 bits per heavy atom. The van der Waals surface area contributed by atoms with Gasteiger partial charge in [-0.2, -0.15) is 0 Å². The largest absolute Gasteiger partial charge is 0.486 e. The molecule has 0 aliphatic rings. The highest BCUT2D eigenvalue weighted by molar-refractivity contribution is 9.10. The summed E-state index contributed by atoms with van der Waals surface area (Å²) in [6.45, 7) is 2.16. The first kappa shape index (κ1) is 16.6. The normalized spacial score (nSPS) is 11.4. The van der Waals surface area contributed by atoms with Crippen molar-refractivity contribution in [3.8, 4) is 5.75 Å². The van der Waals surface area contributed by atoms with E-state index < -0.39 is 9.05 Å². The minimum absolute atomic E-state index is 0.0522. The Labute approximate surface area is 141 Å². The maximum atomic E-state index is 11.6. The zero-order chi connectivity index (χ0) is 15.6. The van der Waals surface area contributed by atoms with Crippen LogP contribution >= 0.6 is 38.2 Å². The molecule has 2 aromatic carbocycles. The molecule has 0 N–H and O–H groups in total. The SMILES string of the molecule is Cc1cccc(COc2c(Cl)cc(Br)cc2S(=O)(=O)Cl)c1. The van der Waals surface area contributed by atoms with Gasteiger partial charge in [-0.25, -0.2) is 8.42 Å². The van der Waals surface area contributed by atoms with Crippen LogP contribution in [-0.2, 0) is 15.7 Å². The monoisotopic (exact) mass is 408 g/mol. The summed E-state index contributed by atoms with van der Waals surface area (Å²) in [6.07, 6.45) is 0. The molecule has 2 rings (SSSR count). The first-order valence-electron chi connectivity index (χ1n) is 5.89. The molecule has 0 atom stereocenters. The highest BCUT2D eigenvalue weighted by Gasteiger charge is 2.21. The van der Waals surface area contributed by atoms with Crippen molar-refractivity contribution < 1.29 is 13.2 Å². The van der Waals surface area contributed by atoms with Crippen LogP contribution in [0.4, 0.5) is 0 Å². The predicted octanol–water partition coefficient (Wildman–Crippen LogP) is 4.92. The molecule has 0 saturated heterocycles. The van der Waals surface area contributed by atoms with Crippen molar-refractivity contribution in [1.29, 1.82) is 0 Å². The van der Waals surface area contributed by atoms with Gasteiger partial charge in [-0.1, -0.05) is 57.4 Å². The lowest BCUT2D eigenvalue weighted by molar-refractivity contribution is 0.298. The van der Waals surface area contributed by atoms with E-state index in [9.17, 15) is 8.42 Å². The number of hydrogen-bond donors (Lipinski definition) is 0. The minimum atomic E-state index is -3.96. The van der Waals surface area contributed by atoms with E-state index in [0.29, 0.717) is 4.47 Å². The van der Waals surface area contributed by atoms with Crippen molar-refractivity contribution in [2.45, 2.75) is 18.4 Å². The number of aryl methyl sites for hydroxylation is 1. The highest BCUT2D eigenvalue weighted by Crippen LogP contribution is 2.37. The Morgan fingerprint density at radius 1 is 1.24 bits per heavy atom. The van der Waals surface area contributed by atoms with Crippen LogP contribution < -0.4 is 4.74 Å². The topological polar surface area (TPSA) is 43.4 Å². The zero-order valence-electron chi connectivity index (χ0n) is 10.9. The summed E-state index contributed by atoms with van der Waals surface area (Å²) in [5, 5.41) is 0.177. The summed E-state index contributed by atoms with van der Waals surface area (Å²) in [5.41, 5.74) is 2.00. The summed E-state index contributed by atoms with van der Waals surface area (Å²) in [7, 11) is 1.47. The summed E-state index contributed by atoms with van der Waals surface area (Å²) in [4.78, 5) is -0.156. The van der Waals surface area contributed by atoms with E-state index >= 15 is 0 Å². The van der Waals surface area contributed by atoms with Crippen LogP contribution in [0.5, 0.6) is 5.75 Å². The maximum absolute atomic E-state index is 11.6. The van der Waals surface area contributed by atoms with Crippen LogP contribution in [-0.4, -0.2) is 8.42 Å². The second-order valence-corrected chi connectivity index (χ2v) is 8.29. The number of halogens is 3. The van der Waals surface area contributed by atoms with Gasteiger partial charge in [-0.3, -0.25) is 0 Å². The molecular weight excluding hydrogens is 399 g/mol. The van der Waals surface area contributed by atoms with Crippen LogP contribution in [0.15, 0.2) is 45.8 Å². The van der Waals surface area contributed by atoms with Crippen LogP contribution in [0.3, 0.4) is 0 Å². The lowest BCUT2D eigenvalue weighted by Crippen LogP contribution is -2.02. The molecule has 112 valence electrons. The van der Waals surface area contributed by atoms with E-state index in [0.717, 1.165) is 11.1 Å². The van der Waals surface area contributed by atoms with Gasteiger partial charge in [0.05, 0.1) is 5.02 Å². The molecule has 0 spiro atoms. The van der Waals surface area contributed by atoms with Gasteiger partial charge in [0.1, 0.15) is 11.5 Å². The molecule has 0 radical (unpaired) electrons. The first-order chi connectivity index (χ1) is 9.77. The molecule has 2 aromatic rings. The van der Waals surface area contributed by atoms with Gasteiger partial charge in [0.2, 0.25) is 0 Å². The second kappa shape index (κ2) is 6.57. The van der Waals surface area contributed by atoms with E-state index in [1.165, 1.54) is 6.07 Å². The van der Waals surface area contributed by atoms with Crippen molar-refractivity contribution in [2.24, 2.45) is 0 Å². The Kier molecular flexibility index (Phi) is 5.20. The molecular formula is C14H11BrCl2O3S. The number of hydrogen-bond acceptors (Lipinski definition) is 3. The second-order valence-electron chi connectivity index (χ2n) is 4.43. The van der Waals surface area contributed by atoms with Crippen molar-refractivity contribution in [2.75, 3.05) is 0 Å². The van der Waals surface area contributed by atoms with Gasteiger partial charge in [-0.15, -0.1) is 0 Å². The molecule has 21 heavy (non-hydrogen) atoms. The van der Waals surface area contributed by atoms with Gasteiger partial charge in [0.25, 0.3) is 9.05 Å². The Bertz CT molecular complexity index is 776. The van der Waals surface area contributed by atoms with Crippen LogP contribution in [0, 0.1) is 6.92 Å². The molecule has 0 saturated carbocycles. The molecule has 0 heterocycles. The van der Waals surface area contributed by atoms with Crippen molar-refractivity contribution in [3.05, 3.63) is 57.0 Å². The van der Waals surface area contributed by atoms with E-state index in [1.807, 2.05) is 31.2 Å². The molecule has 0 fully saturated rings. The van der Waals surface area contributed by atoms with Gasteiger partial charge < -0.3 is 4.74 Å². The van der Waals surface area contributed by atoms with E-state index in [2.05, 4.69) is 15.9 Å². The number of benzene rings is 2.